The first kappa shape index (κ1) is 47.8. The van der Waals surface area contributed by atoms with Crippen molar-refractivity contribution in [1.82, 2.24) is 25.5 Å². The molecule has 0 radical (unpaired) electrons. The van der Waals surface area contributed by atoms with E-state index in [1.54, 1.807) is 53.7 Å². The minimum atomic E-state index is -1.52. The highest BCUT2D eigenvalue weighted by Crippen LogP contribution is 2.32. The molecule has 2 heterocycles. The molecule has 0 bridgehead atoms. The highest BCUT2D eigenvalue weighted by molar-refractivity contribution is 6.20. The number of nitrogens with one attached hydrogen (secondary N) is 3. The van der Waals surface area contributed by atoms with Crippen molar-refractivity contribution < 1.29 is 47.8 Å². The molecule has 3 aromatic rings. The summed E-state index contributed by atoms with van der Waals surface area (Å²) in [5.74, 6) is -1.45. The van der Waals surface area contributed by atoms with E-state index in [-0.39, 0.29) is 11.5 Å². The maximum atomic E-state index is 14.2. The zero-order chi connectivity index (χ0) is 46.7. The standard InChI is InChI=1S/C49H60N6O10/c1-48(2,3)63-46(59)51-25-15-27-53(28-16-26-52-47(60)64-49(4,5)6)45(50)54-30-35-23-24-37(29-36(35)31-54)61-32-40(65-55-42(56)38-21-13-14-22-39(38)43(55)57)44(58)62-41(33-17-9-7-10-18-33)34-19-11-8-12-20-34/h7-13,17-21,23-24,29,40-41,50H,14-16,22,25-28,30-32H2,1-6H3,(H,51,59)(H,52,60)/t40-/m0/s1. The molecule has 3 aliphatic rings. The Morgan fingerprint density at radius 1 is 0.769 bits per heavy atom. The van der Waals surface area contributed by atoms with Crippen LogP contribution in [-0.4, -0.2) is 101 Å². The fourth-order valence-corrected chi connectivity index (χ4v) is 7.41. The van der Waals surface area contributed by atoms with Crippen LogP contribution in [0.5, 0.6) is 5.75 Å². The van der Waals surface area contributed by atoms with Crippen LogP contribution in [0.15, 0.2) is 102 Å². The molecule has 16 heteroatoms. The molecule has 16 nitrogen and oxygen atoms in total. The van der Waals surface area contributed by atoms with Gasteiger partial charge in [0, 0.05) is 44.8 Å². The van der Waals surface area contributed by atoms with Crippen LogP contribution < -0.4 is 15.4 Å². The summed E-state index contributed by atoms with van der Waals surface area (Å²) in [6.45, 7) is 12.8. The minimum Gasteiger partial charge on any atom is -0.490 e. The number of hydrogen-bond acceptors (Lipinski definition) is 11. The molecule has 346 valence electrons. The SMILES string of the molecule is CC(C)(C)OC(=O)NCCCN(CCCNC(=O)OC(C)(C)C)C(=N)N1Cc2ccc(OC[C@H](ON3C(=O)C4=C(CCC=C4)C3=O)C(=O)OC(c3ccccc3)c3ccccc3)cc2C1. The summed E-state index contributed by atoms with van der Waals surface area (Å²) >= 11 is 0. The van der Waals surface area contributed by atoms with Gasteiger partial charge in [-0.2, -0.15) is 0 Å². The van der Waals surface area contributed by atoms with Crippen molar-refractivity contribution in [2.24, 2.45) is 0 Å². The number of imide groups is 1. The van der Waals surface area contributed by atoms with Crippen molar-refractivity contribution in [2.75, 3.05) is 32.8 Å². The van der Waals surface area contributed by atoms with Crippen molar-refractivity contribution in [1.29, 1.82) is 5.41 Å². The molecule has 0 saturated heterocycles. The molecule has 0 saturated carbocycles. The molecular formula is C49H60N6O10. The van der Waals surface area contributed by atoms with Gasteiger partial charge in [0.25, 0.3) is 11.8 Å². The normalized spacial score (nSPS) is 15.1. The van der Waals surface area contributed by atoms with Crippen molar-refractivity contribution in [2.45, 2.75) is 104 Å². The molecule has 1 atom stereocenters. The van der Waals surface area contributed by atoms with E-state index in [2.05, 4.69) is 10.6 Å². The Balaban J connectivity index is 1.13. The number of rotatable bonds is 17. The van der Waals surface area contributed by atoms with E-state index in [1.807, 2.05) is 88.7 Å². The highest BCUT2D eigenvalue weighted by Gasteiger charge is 2.42. The zero-order valence-electron chi connectivity index (χ0n) is 38.0. The van der Waals surface area contributed by atoms with Crippen LogP contribution in [0.3, 0.4) is 0 Å². The lowest BCUT2D eigenvalue weighted by Gasteiger charge is -2.31. The second kappa shape index (κ2) is 21.3. The number of alkyl carbamates (subject to hydrolysis) is 2. The lowest BCUT2D eigenvalue weighted by molar-refractivity contribution is -0.214. The van der Waals surface area contributed by atoms with Gasteiger partial charge in [-0.3, -0.25) is 15.0 Å². The Morgan fingerprint density at radius 3 is 1.89 bits per heavy atom. The van der Waals surface area contributed by atoms with Gasteiger partial charge in [-0.25, -0.2) is 19.2 Å². The van der Waals surface area contributed by atoms with E-state index in [0.29, 0.717) is 92.5 Å². The first-order valence-corrected chi connectivity index (χ1v) is 22.0. The highest BCUT2D eigenvalue weighted by atomic mass is 16.7. The van der Waals surface area contributed by atoms with Crippen molar-refractivity contribution in [3.8, 4) is 5.75 Å². The van der Waals surface area contributed by atoms with Crippen LogP contribution >= 0.6 is 0 Å². The summed E-state index contributed by atoms with van der Waals surface area (Å²) in [6, 6.07) is 23.9. The molecule has 3 N–H and O–H groups in total. The third-order valence-electron chi connectivity index (χ3n) is 10.4. The quantitative estimate of drug-likeness (QED) is 0.0312. The van der Waals surface area contributed by atoms with Crippen LogP contribution in [0, 0.1) is 5.41 Å². The van der Waals surface area contributed by atoms with Crippen LogP contribution in [0.25, 0.3) is 0 Å². The van der Waals surface area contributed by atoms with Gasteiger partial charge >= 0.3 is 18.2 Å². The van der Waals surface area contributed by atoms with Crippen molar-refractivity contribution in [3.63, 3.8) is 0 Å². The number of carbonyl (C=O) groups excluding carboxylic acids is 5. The van der Waals surface area contributed by atoms with Crippen LogP contribution in [0.2, 0.25) is 0 Å². The number of ether oxygens (including phenoxy) is 4. The van der Waals surface area contributed by atoms with E-state index >= 15 is 0 Å². The molecule has 0 spiro atoms. The maximum absolute atomic E-state index is 14.2. The smallest absolute Gasteiger partial charge is 0.407 e. The number of benzene rings is 3. The first-order valence-electron chi connectivity index (χ1n) is 22.0. The molecule has 6 rings (SSSR count). The molecule has 65 heavy (non-hydrogen) atoms. The monoisotopic (exact) mass is 892 g/mol. The Hall–Kier alpha value is -6.68. The number of amides is 4. The molecule has 4 amide bonds. The second-order valence-electron chi connectivity index (χ2n) is 17.9. The van der Waals surface area contributed by atoms with Gasteiger partial charge < -0.3 is 39.4 Å². The van der Waals surface area contributed by atoms with E-state index in [0.717, 1.165) is 11.1 Å². The summed E-state index contributed by atoms with van der Waals surface area (Å²) in [7, 11) is 0. The second-order valence-corrected chi connectivity index (χ2v) is 17.9. The molecule has 0 aromatic heterocycles. The topological polar surface area (TPSA) is 189 Å². The van der Waals surface area contributed by atoms with Crippen LogP contribution in [-0.2, 0) is 46.5 Å². The number of nitrogens with zero attached hydrogens (tertiary/aromatic N) is 3. The van der Waals surface area contributed by atoms with Gasteiger partial charge in [0.15, 0.2) is 12.1 Å². The largest absolute Gasteiger partial charge is 0.490 e. The van der Waals surface area contributed by atoms with Gasteiger partial charge in [-0.15, -0.1) is 5.06 Å². The number of allylic oxidation sites excluding steroid dienone is 1. The Bertz CT molecular complexity index is 2190. The number of hydrogen-bond donors (Lipinski definition) is 3. The third kappa shape index (κ3) is 13.4. The lowest BCUT2D eigenvalue weighted by atomic mass is 10.00. The molecule has 0 fully saturated rings. The molecule has 3 aromatic carbocycles. The Kier molecular flexibility index (Phi) is 15.7. The van der Waals surface area contributed by atoms with Gasteiger partial charge in [0.2, 0.25) is 6.10 Å². The fraction of sp³-hybridized carbons (Fsp3) is 0.429. The zero-order valence-corrected chi connectivity index (χ0v) is 38.0. The Morgan fingerprint density at radius 2 is 1.34 bits per heavy atom. The fourth-order valence-electron chi connectivity index (χ4n) is 7.41. The van der Waals surface area contributed by atoms with E-state index in [9.17, 15) is 29.4 Å². The number of fused-ring (bicyclic) bond motifs is 1. The van der Waals surface area contributed by atoms with Crippen molar-refractivity contribution in [3.05, 3.63) is 124 Å². The molecule has 2 aliphatic heterocycles. The van der Waals surface area contributed by atoms with Gasteiger partial charge in [0.05, 0.1) is 5.57 Å². The number of guanidine groups is 1. The molecule has 0 unspecified atom stereocenters. The number of hydroxylamine groups is 2. The molecule has 1 aliphatic carbocycles. The van der Waals surface area contributed by atoms with E-state index < -0.39 is 60.0 Å². The number of esters is 1. The lowest BCUT2D eigenvalue weighted by Crippen LogP contribution is -2.44. The Labute approximate surface area is 380 Å². The van der Waals surface area contributed by atoms with E-state index in [4.69, 9.17) is 23.8 Å². The average molecular weight is 893 g/mol. The maximum Gasteiger partial charge on any atom is 0.407 e. The van der Waals surface area contributed by atoms with Gasteiger partial charge in [-0.05, 0) is 102 Å². The summed E-state index contributed by atoms with van der Waals surface area (Å²) in [5, 5.41) is 15.5. The van der Waals surface area contributed by atoms with Gasteiger partial charge in [0.1, 0.15) is 23.6 Å². The first-order chi connectivity index (χ1) is 31.0. The van der Waals surface area contributed by atoms with Crippen LogP contribution in [0.4, 0.5) is 9.59 Å². The summed E-state index contributed by atoms with van der Waals surface area (Å²) < 4.78 is 23.1. The predicted molar refractivity (Wildman–Crippen MR) is 241 cm³/mol. The number of carbonyl (C=O) groups is 5. The summed E-state index contributed by atoms with van der Waals surface area (Å²) in [6.07, 6.45) is 2.10. The third-order valence-corrected chi connectivity index (χ3v) is 10.4. The summed E-state index contributed by atoms with van der Waals surface area (Å²) in [4.78, 5) is 75.3. The average Bonchev–Trinajstić information content (AvgIpc) is 3.80. The summed E-state index contributed by atoms with van der Waals surface area (Å²) in [5.41, 5.74) is 2.60. The van der Waals surface area contributed by atoms with Crippen LogP contribution in [0.1, 0.15) is 95.6 Å². The predicted octanol–water partition coefficient (Wildman–Crippen LogP) is 7.10. The minimum absolute atomic E-state index is 0.239. The molecular weight excluding hydrogens is 833 g/mol. The van der Waals surface area contributed by atoms with E-state index in [1.165, 1.54) is 0 Å². The van der Waals surface area contributed by atoms with Gasteiger partial charge in [-0.1, -0.05) is 78.9 Å². The van der Waals surface area contributed by atoms with Crippen molar-refractivity contribution >= 4 is 35.9 Å².